The molecule has 3 N–H and O–H groups in total. The van der Waals surface area contributed by atoms with Gasteiger partial charge in [-0.15, -0.1) is 0 Å². The molecule has 1 fully saturated rings. The third-order valence-electron chi connectivity index (χ3n) is 2.49. The van der Waals surface area contributed by atoms with Gasteiger partial charge < -0.3 is 0 Å². The van der Waals surface area contributed by atoms with Crippen LogP contribution in [0.5, 0.6) is 0 Å². The molecule has 82 valence electrons. The monoisotopic (exact) mass is 219 g/mol. The van der Waals surface area contributed by atoms with Gasteiger partial charge in [0.25, 0.3) is 5.91 Å². The lowest BCUT2D eigenvalue weighted by Crippen LogP contribution is -2.48. The summed E-state index contributed by atoms with van der Waals surface area (Å²) >= 11 is 0. The van der Waals surface area contributed by atoms with Gasteiger partial charge in [0.1, 0.15) is 0 Å². The Morgan fingerprint density at radius 3 is 2.86 bits per heavy atom. The lowest BCUT2D eigenvalue weighted by Gasteiger charge is -2.25. The fourth-order valence-corrected chi connectivity index (χ4v) is 2.63. The van der Waals surface area contributed by atoms with Crippen LogP contribution < -0.4 is 11.3 Å². The molecule has 0 aromatic rings. The van der Waals surface area contributed by atoms with Gasteiger partial charge in [0.15, 0.2) is 0 Å². The summed E-state index contributed by atoms with van der Waals surface area (Å²) in [5.74, 6) is 6.28. The van der Waals surface area contributed by atoms with Crippen molar-refractivity contribution in [2.24, 2.45) is 5.84 Å². The minimum Gasteiger partial charge on any atom is -0.293 e. The van der Waals surface area contributed by atoms with Crippen LogP contribution in [0.2, 0.25) is 0 Å². The van der Waals surface area contributed by atoms with Crippen molar-refractivity contribution in [1.29, 1.82) is 0 Å². The molecular weight excluding hydrogens is 202 g/mol. The second-order valence-corrected chi connectivity index (χ2v) is 5.12. The number of hydrogen-bond donors (Lipinski definition) is 2. The van der Waals surface area contributed by atoms with Crippen LogP contribution in [0, 0.1) is 0 Å². The van der Waals surface area contributed by atoms with Crippen LogP contribution in [0.1, 0.15) is 13.3 Å². The van der Waals surface area contributed by atoms with Crippen molar-refractivity contribution >= 4 is 16.7 Å². The number of nitrogens with two attached hydrogens (primary N) is 1. The number of hydrazine groups is 1. The molecule has 1 heterocycles. The van der Waals surface area contributed by atoms with Crippen molar-refractivity contribution in [3.63, 3.8) is 0 Å². The first-order valence-electron chi connectivity index (χ1n) is 4.74. The molecule has 5 nitrogen and oxygen atoms in total. The maximum absolute atomic E-state index is 11.3. The number of rotatable bonds is 2. The van der Waals surface area contributed by atoms with Crippen molar-refractivity contribution < 1.29 is 9.00 Å². The normalized spacial score (nSPS) is 26.6. The van der Waals surface area contributed by atoms with Crippen molar-refractivity contribution in [3.05, 3.63) is 0 Å². The highest BCUT2D eigenvalue weighted by Crippen LogP contribution is 2.06. The molecule has 0 aromatic carbocycles. The van der Waals surface area contributed by atoms with E-state index in [0.717, 1.165) is 18.7 Å². The van der Waals surface area contributed by atoms with Gasteiger partial charge in [0.2, 0.25) is 0 Å². The predicted molar refractivity (Wildman–Crippen MR) is 55.9 cm³/mol. The van der Waals surface area contributed by atoms with Crippen LogP contribution in [0.3, 0.4) is 0 Å². The van der Waals surface area contributed by atoms with Crippen LogP contribution in [0.15, 0.2) is 0 Å². The molecule has 1 rings (SSSR count). The molecule has 0 aliphatic carbocycles. The molecule has 2 atom stereocenters. The molecule has 1 saturated heterocycles. The van der Waals surface area contributed by atoms with E-state index in [-0.39, 0.29) is 11.9 Å². The molecule has 0 spiro atoms. The number of nitrogens with one attached hydrogen (secondary N) is 1. The summed E-state index contributed by atoms with van der Waals surface area (Å²) < 4.78 is 11.2. The van der Waals surface area contributed by atoms with Crippen molar-refractivity contribution in [3.8, 4) is 0 Å². The van der Waals surface area contributed by atoms with E-state index in [1.54, 1.807) is 0 Å². The van der Waals surface area contributed by atoms with E-state index < -0.39 is 10.8 Å². The van der Waals surface area contributed by atoms with Crippen LogP contribution in [-0.2, 0) is 15.6 Å². The van der Waals surface area contributed by atoms with E-state index in [4.69, 9.17) is 5.84 Å². The average Bonchev–Trinajstić information content (AvgIpc) is 2.40. The third-order valence-corrected chi connectivity index (χ3v) is 3.87. The number of carbonyl (C=O) groups excluding carboxylic acids is 1. The Hall–Kier alpha value is -0.460. The zero-order valence-electron chi connectivity index (χ0n) is 8.36. The zero-order valence-corrected chi connectivity index (χ0v) is 9.18. The lowest BCUT2D eigenvalue weighted by atomic mass is 10.2. The summed E-state index contributed by atoms with van der Waals surface area (Å²) in [7, 11) is -0.715. The first-order chi connectivity index (χ1) is 6.65. The molecule has 14 heavy (non-hydrogen) atoms. The molecule has 2 unspecified atom stereocenters. The molecule has 0 radical (unpaired) electrons. The van der Waals surface area contributed by atoms with Gasteiger partial charge in [-0.05, 0) is 19.9 Å². The van der Waals surface area contributed by atoms with Gasteiger partial charge in [-0.3, -0.25) is 19.3 Å². The van der Waals surface area contributed by atoms with Gasteiger partial charge in [-0.2, -0.15) is 0 Å². The first kappa shape index (κ1) is 11.6. The Morgan fingerprint density at radius 2 is 2.21 bits per heavy atom. The highest BCUT2D eigenvalue weighted by molar-refractivity contribution is 7.85. The lowest BCUT2D eigenvalue weighted by molar-refractivity contribution is -0.125. The second kappa shape index (κ2) is 5.43. The van der Waals surface area contributed by atoms with Crippen LogP contribution in [0.4, 0.5) is 0 Å². The number of carbonyl (C=O) groups is 1. The largest absolute Gasteiger partial charge is 0.293 e. The Balaban J connectivity index is 2.50. The van der Waals surface area contributed by atoms with Crippen LogP contribution >= 0.6 is 0 Å². The molecule has 6 heteroatoms. The third kappa shape index (κ3) is 3.04. The number of amides is 1. The van der Waals surface area contributed by atoms with Crippen molar-refractivity contribution in [1.82, 2.24) is 10.3 Å². The van der Waals surface area contributed by atoms with Gasteiger partial charge >= 0.3 is 0 Å². The van der Waals surface area contributed by atoms with E-state index in [9.17, 15) is 9.00 Å². The molecule has 1 amide bonds. The Labute approximate surface area is 86.4 Å². The van der Waals surface area contributed by atoms with E-state index in [1.165, 1.54) is 0 Å². The van der Waals surface area contributed by atoms with E-state index in [2.05, 4.69) is 5.43 Å². The maximum atomic E-state index is 11.3. The van der Waals surface area contributed by atoms with Crippen LogP contribution in [0.25, 0.3) is 0 Å². The van der Waals surface area contributed by atoms with Crippen molar-refractivity contribution in [2.75, 3.05) is 24.6 Å². The highest BCUT2D eigenvalue weighted by atomic mass is 32.2. The molecule has 1 aliphatic heterocycles. The summed E-state index contributed by atoms with van der Waals surface area (Å²) in [4.78, 5) is 13.3. The summed E-state index contributed by atoms with van der Waals surface area (Å²) in [6.45, 7) is 3.35. The Kier molecular flexibility index (Phi) is 4.50. The van der Waals surface area contributed by atoms with Crippen LogP contribution in [-0.4, -0.2) is 45.7 Å². The highest BCUT2D eigenvalue weighted by Gasteiger charge is 2.22. The summed E-state index contributed by atoms with van der Waals surface area (Å²) in [6.07, 6.45) is 0.884. The summed E-state index contributed by atoms with van der Waals surface area (Å²) in [6, 6.07) is -0.227. The predicted octanol–water partition coefficient (Wildman–Crippen LogP) is -1.18. The zero-order chi connectivity index (χ0) is 10.6. The van der Waals surface area contributed by atoms with Gasteiger partial charge in [0, 0.05) is 28.9 Å². The molecule has 0 aromatic heterocycles. The fourth-order valence-electron chi connectivity index (χ4n) is 1.54. The summed E-state index contributed by atoms with van der Waals surface area (Å²) in [5.41, 5.74) is 2.14. The average molecular weight is 219 g/mol. The van der Waals surface area contributed by atoms with E-state index in [1.807, 2.05) is 11.8 Å². The van der Waals surface area contributed by atoms with E-state index >= 15 is 0 Å². The fraction of sp³-hybridized carbons (Fsp3) is 0.875. The minimum absolute atomic E-state index is 0.183. The molecule has 0 saturated carbocycles. The Bertz CT molecular complexity index is 235. The topological polar surface area (TPSA) is 75.4 Å². The second-order valence-electron chi connectivity index (χ2n) is 3.42. The maximum Gasteiger partial charge on any atom is 0.250 e. The van der Waals surface area contributed by atoms with Crippen molar-refractivity contribution in [2.45, 2.75) is 19.4 Å². The molecular formula is C8H17N3O2S. The quantitative estimate of drug-likeness (QED) is 0.348. The van der Waals surface area contributed by atoms with Gasteiger partial charge in [0.05, 0.1) is 6.04 Å². The van der Waals surface area contributed by atoms with Gasteiger partial charge in [-0.1, -0.05) is 0 Å². The summed E-state index contributed by atoms with van der Waals surface area (Å²) in [5, 5.41) is 0. The number of nitrogens with zero attached hydrogens (tertiary/aromatic N) is 1. The minimum atomic E-state index is -0.715. The van der Waals surface area contributed by atoms with Gasteiger partial charge in [-0.25, -0.2) is 5.84 Å². The SMILES string of the molecule is CC(C(=O)NN)N1CCCS(=O)CC1. The Morgan fingerprint density at radius 1 is 1.50 bits per heavy atom. The number of hydrogen-bond acceptors (Lipinski definition) is 4. The molecule has 0 bridgehead atoms. The standard InChI is InChI=1S/C8H17N3O2S/c1-7(8(12)10-9)11-3-2-5-14(13)6-4-11/h7H,2-6,9H2,1H3,(H,10,12). The smallest absolute Gasteiger partial charge is 0.250 e. The first-order valence-corrected chi connectivity index (χ1v) is 6.23. The van der Waals surface area contributed by atoms with E-state index in [0.29, 0.717) is 12.3 Å². The molecule has 1 aliphatic rings.